The Hall–Kier alpha value is -3.07. The SMILES string of the molecule is Cc1cccc(C)c1Oc1ccccc1/N=C/c1cc(C(C)(C)C)cc(C(C)(C)C)c1O. The molecule has 0 aliphatic heterocycles. The summed E-state index contributed by atoms with van der Waals surface area (Å²) < 4.78 is 6.27. The Morgan fingerprint density at radius 1 is 0.812 bits per heavy atom. The minimum absolute atomic E-state index is 0.0420. The molecule has 0 aliphatic rings. The topological polar surface area (TPSA) is 41.8 Å². The summed E-state index contributed by atoms with van der Waals surface area (Å²) in [4.78, 5) is 4.73. The minimum Gasteiger partial charge on any atom is -0.507 e. The van der Waals surface area contributed by atoms with Crippen LogP contribution >= 0.6 is 0 Å². The van der Waals surface area contributed by atoms with Crippen LogP contribution < -0.4 is 4.74 Å². The van der Waals surface area contributed by atoms with Gasteiger partial charge >= 0.3 is 0 Å². The maximum absolute atomic E-state index is 11.0. The Morgan fingerprint density at radius 3 is 2.03 bits per heavy atom. The smallest absolute Gasteiger partial charge is 0.153 e. The lowest BCUT2D eigenvalue weighted by molar-refractivity contribution is 0.444. The summed E-state index contributed by atoms with van der Waals surface area (Å²) in [5, 5.41) is 11.0. The molecule has 168 valence electrons. The van der Waals surface area contributed by atoms with Gasteiger partial charge in [0, 0.05) is 17.3 Å². The number of phenols is 1. The number of rotatable bonds is 4. The van der Waals surface area contributed by atoms with Crippen LogP contribution in [0.4, 0.5) is 5.69 Å². The molecule has 0 aliphatic carbocycles. The highest BCUT2D eigenvalue weighted by Gasteiger charge is 2.24. The van der Waals surface area contributed by atoms with Gasteiger partial charge in [-0.1, -0.05) is 77.9 Å². The fourth-order valence-corrected chi connectivity index (χ4v) is 3.62. The molecule has 0 heterocycles. The lowest BCUT2D eigenvalue weighted by Crippen LogP contribution is -2.17. The molecule has 3 aromatic carbocycles. The van der Waals surface area contributed by atoms with Gasteiger partial charge in [0.15, 0.2) is 5.75 Å². The maximum atomic E-state index is 11.0. The molecule has 0 amide bonds. The zero-order valence-electron chi connectivity index (χ0n) is 20.6. The first-order valence-electron chi connectivity index (χ1n) is 11.1. The maximum Gasteiger partial charge on any atom is 0.153 e. The second kappa shape index (κ2) is 8.82. The second-order valence-electron chi connectivity index (χ2n) is 10.5. The molecular weight excluding hydrogens is 394 g/mol. The Bertz CT molecular complexity index is 1120. The molecule has 3 aromatic rings. The Morgan fingerprint density at radius 2 is 1.44 bits per heavy atom. The monoisotopic (exact) mass is 429 g/mol. The van der Waals surface area contributed by atoms with E-state index in [1.165, 1.54) is 5.56 Å². The molecule has 0 radical (unpaired) electrons. The molecular formula is C29H35NO2. The number of hydrogen-bond acceptors (Lipinski definition) is 3. The average molecular weight is 430 g/mol. The summed E-state index contributed by atoms with van der Waals surface area (Å²) in [5.41, 5.74) is 5.45. The van der Waals surface area contributed by atoms with Crippen LogP contribution in [0.2, 0.25) is 0 Å². The summed E-state index contributed by atoms with van der Waals surface area (Å²) in [6, 6.07) is 18.0. The molecule has 1 N–H and O–H groups in total. The molecule has 3 nitrogen and oxygen atoms in total. The predicted octanol–water partition coefficient (Wildman–Crippen LogP) is 8.15. The van der Waals surface area contributed by atoms with Crippen molar-refractivity contribution in [2.24, 2.45) is 4.99 Å². The predicted molar refractivity (Wildman–Crippen MR) is 135 cm³/mol. The molecule has 0 saturated carbocycles. The highest BCUT2D eigenvalue weighted by atomic mass is 16.5. The van der Waals surface area contributed by atoms with Gasteiger partial charge in [-0.15, -0.1) is 0 Å². The summed E-state index contributed by atoms with van der Waals surface area (Å²) in [6.45, 7) is 17.0. The van der Waals surface area contributed by atoms with Crippen LogP contribution in [0.5, 0.6) is 17.2 Å². The molecule has 0 atom stereocenters. The van der Waals surface area contributed by atoms with Crippen LogP contribution in [0, 0.1) is 13.8 Å². The van der Waals surface area contributed by atoms with Crippen LogP contribution in [-0.2, 0) is 10.8 Å². The van der Waals surface area contributed by atoms with E-state index < -0.39 is 0 Å². The summed E-state index contributed by atoms with van der Waals surface area (Å²) in [7, 11) is 0. The van der Waals surface area contributed by atoms with E-state index >= 15 is 0 Å². The first-order valence-corrected chi connectivity index (χ1v) is 11.1. The average Bonchev–Trinajstić information content (AvgIpc) is 2.69. The van der Waals surface area contributed by atoms with Gasteiger partial charge in [0.1, 0.15) is 17.2 Å². The third-order valence-electron chi connectivity index (χ3n) is 5.64. The molecule has 0 spiro atoms. The molecule has 3 heteroatoms. The van der Waals surface area contributed by atoms with E-state index in [0.717, 1.165) is 22.4 Å². The van der Waals surface area contributed by atoms with Gasteiger partial charge in [-0.25, -0.2) is 0 Å². The van der Waals surface area contributed by atoms with Crippen molar-refractivity contribution in [3.63, 3.8) is 0 Å². The van der Waals surface area contributed by atoms with Crippen molar-refractivity contribution in [1.29, 1.82) is 0 Å². The largest absolute Gasteiger partial charge is 0.507 e. The van der Waals surface area contributed by atoms with Gasteiger partial charge in [0.2, 0.25) is 0 Å². The van der Waals surface area contributed by atoms with Crippen LogP contribution in [0.15, 0.2) is 59.6 Å². The van der Waals surface area contributed by atoms with E-state index in [-0.39, 0.29) is 16.6 Å². The van der Waals surface area contributed by atoms with Crippen molar-refractivity contribution in [1.82, 2.24) is 0 Å². The first kappa shape index (κ1) is 23.6. The molecule has 3 rings (SSSR count). The van der Waals surface area contributed by atoms with Crippen molar-refractivity contribution in [2.75, 3.05) is 0 Å². The summed E-state index contributed by atoms with van der Waals surface area (Å²) in [6.07, 6.45) is 1.74. The normalized spacial score (nSPS) is 12.4. The summed E-state index contributed by atoms with van der Waals surface area (Å²) >= 11 is 0. The van der Waals surface area contributed by atoms with E-state index in [9.17, 15) is 5.11 Å². The number of hydrogen-bond donors (Lipinski definition) is 1. The lowest BCUT2D eigenvalue weighted by Gasteiger charge is -2.27. The zero-order valence-corrected chi connectivity index (χ0v) is 20.6. The Kier molecular flexibility index (Phi) is 6.50. The number of aliphatic imine (C=N–C) groups is 1. The lowest BCUT2D eigenvalue weighted by atomic mass is 9.79. The minimum atomic E-state index is -0.183. The van der Waals surface area contributed by atoms with Crippen LogP contribution in [-0.4, -0.2) is 11.3 Å². The van der Waals surface area contributed by atoms with Crippen LogP contribution in [0.25, 0.3) is 0 Å². The van der Waals surface area contributed by atoms with Crippen molar-refractivity contribution < 1.29 is 9.84 Å². The van der Waals surface area contributed by atoms with Crippen molar-refractivity contribution in [3.05, 3.63) is 82.4 Å². The molecule has 0 bridgehead atoms. The number of aryl methyl sites for hydroxylation is 2. The summed E-state index contributed by atoms with van der Waals surface area (Å²) in [5.74, 6) is 1.81. The molecule has 0 aromatic heterocycles. The van der Waals surface area contributed by atoms with E-state index in [4.69, 9.17) is 9.73 Å². The van der Waals surface area contributed by atoms with E-state index in [1.807, 2.05) is 62.4 Å². The number of para-hydroxylation sites is 3. The quantitative estimate of drug-likeness (QED) is 0.425. The first-order chi connectivity index (χ1) is 14.9. The van der Waals surface area contributed by atoms with Gasteiger partial charge in [-0.05, 0) is 59.6 Å². The molecule has 32 heavy (non-hydrogen) atoms. The number of ether oxygens (including phenoxy) is 1. The second-order valence-corrected chi connectivity index (χ2v) is 10.5. The number of nitrogens with zero attached hydrogens (tertiary/aromatic N) is 1. The Labute approximate surface area is 192 Å². The molecule has 0 unspecified atom stereocenters. The zero-order chi connectivity index (χ0) is 23.7. The number of phenolic OH excluding ortho intramolecular Hbond substituents is 1. The van der Waals surface area contributed by atoms with E-state index in [2.05, 4.69) is 47.6 Å². The van der Waals surface area contributed by atoms with Gasteiger partial charge in [0.05, 0.1) is 0 Å². The Balaban J connectivity index is 2.05. The third-order valence-corrected chi connectivity index (χ3v) is 5.64. The van der Waals surface area contributed by atoms with Gasteiger partial charge in [-0.2, -0.15) is 0 Å². The van der Waals surface area contributed by atoms with Gasteiger partial charge < -0.3 is 9.84 Å². The van der Waals surface area contributed by atoms with Crippen molar-refractivity contribution in [3.8, 4) is 17.2 Å². The van der Waals surface area contributed by atoms with Gasteiger partial charge in [-0.3, -0.25) is 4.99 Å². The fraction of sp³-hybridized carbons (Fsp3) is 0.345. The highest BCUT2D eigenvalue weighted by molar-refractivity contribution is 5.87. The van der Waals surface area contributed by atoms with Crippen molar-refractivity contribution in [2.45, 2.75) is 66.2 Å². The molecule has 0 fully saturated rings. The van der Waals surface area contributed by atoms with E-state index in [1.54, 1.807) is 6.21 Å². The fourth-order valence-electron chi connectivity index (χ4n) is 3.62. The number of benzene rings is 3. The molecule has 0 saturated heterocycles. The van der Waals surface area contributed by atoms with E-state index in [0.29, 0.717) is 17.0 Å². The number of aromatic hydroxyl groups is 1. The standard InChI is InChI=1S/C29H35NO2/c1-19-12-11-13-20(2)27(19)32-25-15-10-9-14-24(25)30-18-21-16-22(28(3,4)5)17-23(26(21)31)29(6,7)8/h9-18,31H,1-8H3/b30-18+. The van der Waals surface area contributed by atoms with Crippen molar-refractivity contribution >= 4 is 11.9 Å². The highest BCUT2D eigenvalue weighted by Crippen LogP contribution is 2.38. The van der Waals surface area contributed by atoms with Crippen LogP contribution in [0.3, 0.4) is 0 Å². The van der Waals surface area contributed by atoms with Gasteiger partial charge in [0.25, 0.3) is 0 Å². The van der Waals surface area contributed by atoms with Crippen LogP contribution in [0.1, 0.15) is 69.4 Å². The third kappa shape index (κ3) is 5.21.